The second-order valence-corrected chi connectivity index (χ2v) is 6.88. The summed E-state index contributed by atoms with van der Waals surface area (Å²) in [6, 6.07) is 2.65. The summed E-state index contributed by atoms with van der Waals surface area (Å²) in [7, 11) is 0. The van der Waals surface area contributed by atoms with Gasteiger partial charge < -0.3 is 9.47 Å². The molecule has 0 spiro atoms. The highest BCUT2D eigenvalue weighted by atomic mass is 79.9. The van der Waals surface area contributed by atoms with Crippen LogP contribution in [0.1, 0.15) is 45.2 Å². The van der Waals surface area contributed by atoms with Crippen molar-refractivity contribution in [2.24, 2.45) is 5.92 Å². The van der Waals surface area contributed by atoms with E-state index < -0.39 is 18.0 Å². The molecule has 134 valence electrons. The molecule has 1 saturated carbocycles. The molecule has 1 heterocycles. The number of hydrogen-bond acceptors (Lipinski definition) is 4. The van der Waals surface area contributed by atoms with Gasteiger partial charge in [-0.3, -0.25) is 4.79 Å². The number of carbonyl (C=O) groups excluding carboxylic acids is 1. The van der Waals surface area contributed by atoms with E-state index in [1.54, 1.807) is 13.8 Å². The van der Waals surface area contributed by atoms with E-state index >= 15 is 0 Å². The molecule has 1 aromatic rings. The van der Waals surface area contributed by atoms with Crippen LogP contribution in [0.5, 0.6) is 5.75 Å². The standard InChI is InChI=1S/C16H19BrF3NO3/c1-9(2)23-15(22)10-4-3-5-11(8-10)24-12-6-7-13(17)21-14(12)16(18,19)20/h6-7,9-11H,3-5,8H2,1-2H3/t10-,11-/m0/s1. The second kappa shape index (κ2) is 7.72. The lowest BCUT2D eigenvalue weighted by molar-refractivity contribution is -0.155. The Bertz CT molecular complexity index is 592. The van der Waals surface area contributed by atoms with Crippen LogP contribution < -0.4 is 4.74 Å². The molecule has 0 aliphatic heterocycles. The molecule has 1 fully saturated rings. The van der Waals surface area contributed by atoms with Gasteiger partial charge in [0.25, 0.3) is 0 Å². The van der Waals surface area contributed by atoms with Crippen molar-refractivity contribution in [2.45, 2.75) is 57.9 Å². The predicted molar refractivity (Wildman–Crippen MR) is 84.5 cm³/mol. The van der Waals surface area contributed by atoms with Crippen LogP contribution in [0, 0.1) is 5.92 Å². The van der Waals surface area contributed by atoms with Crippen molar-refractivity contribution >= 4 is 21.9 Å². The fraction of sp³-hybridized carbons (Fsp3) is 0.625. The largest absolute Gasteiger partial charge is 0.488 e. The molecule has 8 heteroatoms. The molecule has 2 atom stereocenters. The Morgan fingerprint density at radius 3 is 2.67 bits per heavy atom. The van der Waals surface area contributed by atoms with Gasteiger partial charge in [0.05, 0.1) is 18.1 Å². The van der Waals surface area contributed by atoms with Crippen LogP contribution in [-0.4, -0.2) is 23.2 Å². The molecule has 0 aromatic carbocycles. The lowest BCUT2D eigenvalue weighted by Crippen LogP contribution is -2.32. The maximum absolute atomic E-state index is 13.1. The maximum atomic E-state index is 13.1. The number of nitrogens with zero attached hydrogens (tertiary/aromatic N) is 1. The van der Waals surface area contributed by atoms with Gasteiger partial charge in [0.1, 0.15) is 4.60 Å². The van der Waals surface area contributed by atoms with Crippen molar-refractivity contribution in [2.75, 3.05) is 0 Å². The highest BCUT2D eigenvalue weighted by Crippen LogP contribution is 2.37. The fourth-order valence-electron chi connectivity index (χ4n) is 2.69. The van der Waals surface area contributed by atoms with Crippen LogP contribution in [0.3, 0.4) is 0 Å². The van der Waals surface area contributed by atoms with E-state index in [9.17, 15) is 18.0 Å². The Morgan fingerprint density at radius 1 is 1.33 bits per heavy atom. The number of alkyl halides is 3. The number of halogens is 4. The molecular weight excluding hydrogens is 391 g/mol. The number of rotatable bonds is 4. The van der Waals surface area contributed by atoms with Gasteiger partial charge in [-0.1, -0.05) is 0 Å². The Morgan fingerprint density at radius 2 is 2.04 bits per heavy atom. The molecule has 0 saturated heterocycles. The van der Waals surface area contributed by atoms with Crippen molar-refractivity contribution in [3.05, 3.63) is 22.4 Å². The molecule has 0 unspecified atom stereocenters. The van der Waals surface area contributed by atoms with Gasteiger partial charge in [-0.25, -0.2) is 4.98 Å². The molecule has 0 N–H and O–H groups in total. The monoisotopic (exact) mass is 409 g/mol. The van der Waals surface area contributed by atoms with E-state index in [0.29, 0.717) is 25.7 Å². The van der Waals surface area contributed by atoms with E-state index in [-0.39, 0.29) is 28.3 Å². The molecule has 1 aromatic heterocycles. The minimum atomic E-state index is -4.61. The number of carbonyl (C=O) groups is 1. The van der Waals surface area contributed by atoms with Gasteiger partial charge in [0.2, 0.25) is 0 Å². The quantitative estimate of drug-likeness (QED) is 0.531. The molecular formula is C16H19BrF3NO3. The van der Waals surface area contributed by atoms with Crippen LogP contribution >= 0.6 is 15.9 Å². The van der Waals surface area contributed by atoms with E-state index in [1.807, 2.05) is 0 Å². The maximum Gasteiger partial charge on any atom is 0.437 e. The molecule has 1 aliphatic rings. The lowest BCUT2D eigenvalue weighted by Gasteiger charge is -2.29. The predicted octanol–water partition coefficient (Wildman–Crippen LogP) is 4.75. The smallest absolute Gasteiger partial charge is 0.437 e. The molecule has 0 amide bonds. The molecule has 0 radical (unpaired) electrons. The van der Waals surface area contributed by atoms with E-state index in [1.165, 1.54) is 12.1 Å². The minimum absolute atomic E-state index is 0.0872. The first-order chi connectivity index (χ1) is 11.2. The third-order valence-corrected chi connectivity index (χ3v) is 4.14. The van der Waals surface area contributed by atoms with Crippen molar-refractivity contribution in [3.8, 4) is 5.75 Å². The SMILES string of the molecule is CC(C)OC(=O)[C@H]1CCC[C@H](Oc2ccc(Br)nc2C(F)(F)F)C1. The Hall–Kier alpha value is -1.31. The zero-order valence-electron chi connectivity index (χ0n) is 13.4. The molecule has 24 heavy (non-hydrogen) atoms. The van der Waals surface area contributed by atoms with Crippen molar-refractivity contribution in [1.82, 2.24) is 4.98 Å². The first-order valence-corrected chi connectivity index (χ1v) is 8.57. The average molecular weight is 410 g/mol. The van der Waals surface area contributed by atoms with Crippen LogP contribution in [0.15, 0.2) is 16.7 Å². The zero-order valence-corrected chi connectivity index (χ0v) is 15.0. The Kier molecular flexibility index (Phi) is 6.11. The summed E-state index contributed by atoms with van der Waals surface area (Å²) < 4.78 is 50.1. The van der Waals surface area contributed by atoms with Crippen molar-refractivity contribution in [3.63, 3.8) is 0 Å². The van der Waals surface area contributed by atoms with Gasteiger partial charge in [-0.05, 0) is 67.6 Å². The summed E-state index contributed by atoms with van der Waals surface area (Å²) in [5.74, 6) is -0.972. The highest BCUT2D eigenvalue weighted by molar-refractivity contribution is 9.10. The number of hydrogen-bond donors (Lipinski definition) is 0. The summed E-state index contributed by atoms with van der Waals surface area (Å²) in [6.07, 6.45) is -2.98. The van der Waals surface area contributed by atoms with Crippen molar-refractivity contribution < 1.29 is 27.4 Å². The van der Waals surface area contributed by atoms with Gasteiger partial charge in [-0.2, -0.15) is 13.2 Å². The van der Waals surface area contributed by atoms with Crippen LogP contribution in [0.25, 0.3) is 0 Å². The van der Waals surface area contributed by atoms with Crippen LogP contribution in [0.4, 0.5) is 13.2 Å². The van der Waals surface area contributed by atoms with Crippen molar-refractivity contribution in [1.29, 1.82) is 0 Å². The summed E-state index contributed by atoms with van der Waals surface area (Å²) in [5, 5.41) is 0. The van der Waals surface area contributed by atoms with Crippen LogP contribution in [-0.2, 0) is 15.7 Å². The zero-order chi connectivity index (χ0) is 17.9. The lowest BCUT2D eigenvalue weighted by atomic mass is 9.87. The molecule has 2 rings (SSSR count). The fourth-order valence-corrected chi connectivity index (χ4v) is 3.00. The second-order valence-electron chi connectivity index (χ2n) is 6.07. The van der Waals surface area contributed by atoms with Gasteiger partial charge >= 0.3 is 12.1 Å². The molecule has 1 aliphatic carbocycles. The van der Waals surface area contributed by atoms with Gasteiger partial charge in [0, 0.05) is 0 Å². The summed E-state index contributed by atoms with van der Waals surface area (Å²) in [6.45, 7) is 3.52. The molecule has 0 bridgehead atoms. The first kappa shape index (κ1) is 19.0. The normalized spacial score (nSPS) is 21.6. The molecule has 4 nitrogen and oxygen atoms in total. The van der Waals surface area contributed by atoms with E-state index in [2.05, 4.69) is 20.9 Å². The number of esters is 1. The number of ether oxygens (including phenoxy) is 2. The third kappa shape index (κ3) is 5.09. The van der Waals surface area contributed by atoms with Crippen LogP contribution in [0.2, 0.25) is 0 Å². The first-order valence-electron chi connectivity index (χ1n) is 7.77. The summed E-state index contributed by atoms with van der Waals surface area (Å²) >= 11 is 2.94. The highest BCUT2D eigenvalue weighted by Gasteiger charge is 2.38. The Labute approximate surface area is 146 Å². The Balaban J connectivity index is 2.10. The number of aromatic nitrogens is 1. The summed E-state index contributed by atoms with van der Waals surface area (Å²) in [4.78, 5) is 15.5. The summed E-state index contributed by atoms with van der Waals surface area (Å²) in [5.41, 5.74) is -1.07. The van der Waals surface area contributed by atoms with Gasteiger partial charge in [0.15, 0.2) is 11.4 Å². The number of pyridine rings is 1. The minimum Gasteiger partial charge on any atom is -0.488 e. The van der Waals surface area contributed by atoms with E-state index in [0.717, 1.165) is 0 Å². The van der Waals surface area contributed by atoms with Gasteiger partial charge in [-0.15, -0.1) is 0 Å². The van der Waals surface area contributed by atoms with E-state index in [4.69, 9.17) is 9.47 Å². The third-order valence-electron chi connectivity index (χ3n) is 3.70. The topological polar surface area (TPSA) is 48.4 Å². The average Bonchev–Trinajstić information content (AvgIpc) is 2.47.